The maximum absolute atomic E-state index is 12.4. The average Bonchev–Trinajstić information content (AvgIpc) is 2.86. The summed E-state index contributed by atoms with van der Waals surface area (Å²) in [6, 6.07) is 3.69. The zero-order chi connectivity index (χ0) is 28.3. The van der Waals surface area contributed by atoms with Crippen LogP contribution in [-0.4, -0.2) is 76.2 Å². The number of likely N-dealkylation sites (tertiary alicyclic amines) is 1. The molecule has 0 aromatic carbocycles. The van der Waals surface area contributed by atoms with Gasteiger partial charge in [-0.1, -0.05) is 26.3 Å². The lowest BCUT2D eigenvalue weighted by Crippen LogP contribution is -2.32. The first-order valence-electron chi connectivity index (χ1n) is 12.9. The van der Waals surface area contributed by atoms with Crippen LogP contribution in [0.25, 0.3) is 0 Å². The molecule has 2 rings (SSSR count). The second-order valence-electron chi connectivity index (χ2n) is 10.1. The molecule has 1 aliphatic rings. The number of methoxy groups -OCH3 is 1. The predicted octanol–water partition coefficient (Wildman–Crippen LogP) is 3.19. The Morgan fingerprint density at radius 1 is 1.16 bits per heavy atom. The molecule has 0 unspecified atom stereocenters. The van der Waals surface area contributed by atoms with Gasteiger partial charge in [-0.25, -0.2) is 23.1 Å². The molecule has 1 aromatic rings. The average molecular weight is 550 g/mol. The molecule has 11 heteroatoms. The van der Waals surface area contributed by atoms with E-state index >= 15 is 0 Å². The lowest BCUT2D eigenvalue weighted by molar-refractivity contribution is 0.0930. The summed E-state index contributed by atoms with van der Waals surface area (Å²) in [5.74, 6) is 0.838. The largest absolute Gasteiger partial charge is 0.495 e. The highest BCUT2D eigenvalue weighted by molar-refractivity contribution is 7.88. The number of carbonyl (C=O) groups is 1. The van der Waals surface area contributed by atoms with E-state index < -0.39 is 15.4 Å². The molecule has 0 radical (unpaired) electrons. The summed E-state index contributed by atoms with van der Waals surface area (Å²) in [6.07, 6.45) is 10.0. The standard InChI is InChI=1S/C27H43N5O5S/c1-21(17-30-38(7,34)35)26(36-6)29-20-27(4,5)24-11-12-25(32(19-24)23(3)33)28-18-22(2)37-16-15-31-13-9-8-10-14-31/h11-12,18-20,30H,8-10,13-17H2,1-7H3/b22-18+,26-21-,28-25-,29-20-. The predicted molar refractivity (Wildman–Crippen MR) is 150 cm³/mol. The van der Waals surface area contributed by atoms with Gasteiger partial charge in [-0.15, -0.1) is 0 Å². The second kappa shape index (κ2) is 14.4. The summed E-state index contributed by atoms with van der Waals surface area (Å²) < 4.78 is 37.9. The number of nitrogens with one attached hydrogen (secondary N) is 1. The van der Waals surface area contributed by atoms with Gasteiger partial charge in [0.1, 0.15) is 17.9 Å². The van der Waals surface area contributed by atoms with E-state index in [1.807, 2.05) is 26.8 Å². The van der Waals surface area contributed by atoms with Crippen LogP contribution in [0, 0.1) is 0 Å². The number of hydrogen-bond donors (Lipinski definition) is 1. The molecule has 1 aliphatic heterocycles. The molecule has 1 N–H and O–H groups in total. The van der Waals surface area contributed by atoms with Crippen LogP contribution in [0.5, 0.6) is 0 Å². The fraction of sp³-hybridized carbons (Fsp3) is 0.593. The third kappa shape index (κ3) is 10.5. The van der Waals surface area contributed by atoms with Crippen molar-refractivity contribution in [1.82, 2.24) is 14.2 Å². The molecular weight excluding hydrogens is 506 g/mol. The number of allylic oxidation sites excluding steroid dienone is 1. The number of aromatic nitrogens is 1. The number of aliphatic imine (C=N–C) groups is 1. The van der Waals surface area contributed by atoms with Crippen LogP contribution in [0.2, 0.25) is 0 Å². The van der Waals surface area contributed by atoms with Crippen LogP contribution in [0.1, 0.15) is 64.2 Å². The van der Waals surface area contributed by atoms with Gasteiger partial charge in [0.15, 0.2) is 0 Å². The van der Waals surface area contributed by atoms with Crippen molar-refractivity contribution >= 4 is 22.1 Å². The minimum Gasteiger partial charge on any atom is -0.495 e. The number of piperidine rings is 1. The molecule has 1 saturated heterocycles. The zero-order valence-corrected chi connectivity index (χ0v) is 24.6. The Labute approximate surface area is 227 Å². The molecule has 0 amide bonds. The van der Waals surface area contributed by atoms with Crippen molar-refractivity contribution in [3.05, 3.63) is 52.8 Å². The van der Waals surface area contributed by atoms with E-state index in [1.54, 1.807) is 31.6 Å². The van der Waals surface area contributed by atoms with Crippen LogP contribution >= 0.6 is 0 Å². The topological polar surface area (TPSA) is 115 Å². The molecular formula is C27H43N5O5S. The van der Waals surface area contributed by atoms with Gasteiger partial charge in [-0.3, -0.25) is 14.3 Å². The van der Waals surface area contributed by atoms with Crippen LogP contribution in [0.3, 0.4) is 0 Å². The fourth-order valence-electron chi connectivity index (χ4n) is 3.89. The molecule has 0 saturated carbocycles. The number of ether oxygens (including phenoxy) is 2. The Bertz CT molecular complexity index is 1220. The van der Waals surface area contributed by atoms with Crippen LogP contribution < -0.4 is 10.2 Å². The first kappa shape index (κ1) is 31.5. The van der Waals surface area contributed by atoms with Gasteiger partial charge < -0.3 is 9.47 Å². The van der Waals surface area contributed by atoms with E-state index in [2.05, 4.69) is 19.6 Å². The van der Waals surface area contributed by atoms with Crippen molar-refractivity contribution < 1.29 is 22.7 Å². The van der Waals surface area contributed by atoms with E-state index in [0.29, 0.717) is 29.3 Å². The Balaban J connectivity index is 2.19. The van der Waals surface area contributed by atoms with E-state index in [9.17, 15) is 13.2 Å². The van der Waals surface area contributed by atoms with Crippen molar-refractivity contribution in [2.45, 2.75) is 59.3 Å². The second-order valence-corrected chi connectivity index (χ2v) is 12.0. The molecule has 1 fully saturated rings. The Morgan fingerprint density at radius 3 is 2.45 bits per heavy atom. The number of carbonyl (C=O) groups excluding carboxylic acids is 1. The first-order chi connectivity index (χ1) is 17.8. The molecule has 0 bridgehead atoms. The molecule has 1 aromatic heterocycles. The molecule has 212 valence electrons. The van der Waals surface area contributed by atoms with Crippen molar-refractivity contribution in [3.8, 4) is 0 Å². The van der Waals surface area contributed by atoms with E-state index in [1.165, 1.54) is 37.9 Å². The maximum Gasteiger partial charge on any atom is 0.229 e. The molecule has 0 aliphatic carbocycles. The summed E-state index contributed by atoms with van der Waals surface area (Å²) in [5, 5.41) is 0. The SMILES string of the molecule is COC(/N=C\C(C)(C)c1cc/c(=N/C=C(\C)OCCN2CCCCC2)n(C(C)=O)c1)=C(/C)CNS(C)(=O)=O. The van der Waals surface area contributed by atoms with Crippen molar-refractivity contribution in [1.29, 1.82) is 0 Å². The van der Waals surface area contributed by atoms with Gasteiger partial charge in [0, 0.05) is 43.4 Å². The lowest BCUT2D eigenvalue weighted by atomic mass is 9.87. The van der Waals surface area contributed by atoms with Crippen LogP contribution in [0.15, 0.2) is 51.7 Å². The fourth-order valence-corrected chi connectivity index (χ4v) is 4.37. The Hall–Kier alpha value is -2.76. The van der Waals surface area contributed by atoms with Gasteiger partial charge in [0.25, 0.3) is 0 Å². The highest BCUT2D eigenvalue weighted by Crippen LogP contribution is 2.21. The normalized spacial score (nSPS) is 17.0. The Morgan fingerprint density at radius 2 is 1.84 bits per heavy atom. The van der Waals surface area contributed by atoms with E-state index in [-0.39, 0.29) is 12.5 Å². The molecule has 10 nitrogen and oxygen atoms in total. The summed E-state index contributed by atoms with van der Waals surface area (Å²) in [5.41, 5.74) is 1.41. The zero-order valence-electron chi connectivity index (χ0n) is 23.8. The van der Waals surface area contributed by atoms with Gasteiger partial charge in [0.2, 0.25) is 21.8 Å². The van der Waals surface area contributed by atoms with Gasteiger partial charge >= 0.3 is 0 Å². The Kier molecular flexibility index (Phi) is 11.9. The quantitative estimate of drug-likeness (QED) is 0.316. The molecule has 2 heterocycles. The summed E-state index contributed by atoms with van der Waals surface area (Å²) >= 11 is 0. The smallest absolute Gasteiger partial charge is 0.229 e. The monoisotopic (exact) mass is 549 g/mol. The van der Waals surface area contributed by atoms with Gasteiger partial charge in [-0.2, -0.15) is 0 Å². The number of hydrogen-bond acceptors (Lipinski definition) is 8. The van der Waals surface area contributed by atoms with E-state index in [4.69, 9.17) is 9.47 Å². The summed E-state index contributed by atoms with van der Waals surface area (Å²) in [4.78, 5) is 23.8. The lowest BCUT2D eigenvalue weighted by Gasteiger charge is -2.26. The molecule has 0 spiro atoms. The van der Waals surface area contributed by atoms with Crippen LogP contribution in [-0.2, 0) is 24.9 Å². The summed E-state index contributed by atoms with van der Waals surface area (Å²) in [6.45, 7) is 12.9. The number of pyridine rings is 1. The molecule has 0 atom stereocenters. The van der Waals surface area contributed by atoms with Crippen molar-refractivity contribution in [2.75, 3.05) is 46.2 Å². The molecule has 38 heavy (non-hydrogen) atoms. The minimum absolute atomic E-state index is 0.0925. The summed E-state index contributed by atoms with van der Waals surface area (Å²) in [7, 11) is -1.85. The number of sulfonamides is 1. The minimum atomic E-state index is -3.33. The van der Waals surface area contributed by atoms with Crippen LogP contribution in [0.4, 0.5) is 0 Å². The number of nitrogens with zero attached hydrogens (tertiary/aromatic N) is 4. The van der Waals surface area contributed by atoms with E-state index in [0.717, 1.165) is 31.5 Å². The van der Waals surface area contributed by atoms with Crippen molar-refractivity contribution in [3.63, 3.8) is 0 Å². The first-order valence-corrected chi connectivity index (χ1v) is 14.7. The third-order valence-corrected chi connectivity index (χ3v) is 6.91. The third-order valence-electron chi connectivity index (χ3n) is 6.24. The highest BCUT2D eigenvalue weighted by Gasteiger charge is 2.20. The number of rotatable bonds is 12. The highest BCUT2D eigenvalue weighted by atomic mass is 32.2. The van der Waals surface area contributed by atoms with Gasteiger partial charge in [-0.05, 0) is 51.4 Å². The van der Waals surface area contributed by atoms with Crippen molar-refractivity contribution in [2.24, 2.45) is 9.98 Å². The maximum atomic E-state index is 12.4. The van der Waals surface area contributed by atoms with Gasteiger partial charge in [0.05, 0.1) is 19.6 Å².